The van der Waals surface area contributed by atoms with Crippen molar-refractivity contribution in [2.45, 2.75) is 6.61 Å². The lowest BCUT2D eigenvalue weighted by Gasteiger charge is -2.32. The highest BCUT2D eigenvalue weighted by atomic mass is 16.3. The van der Waals surface area contributed by atoms with Crippen LogP contribution in [0.15, 0.2) is 24.3 Å². The number of benzene rings is 1. The summed E-state index contributed by atoms with van der Waals surface area (Å²) in [6.07, 6.45) is 0. The number of aliphatic hydroxyl groups is 1. The molecule has 0 saturated carbocycles. The lowest BCUT2D eigenvalue weighted by Crippen LogP contribution is -2.53. The first-order valence-corrected chi connectivity index (χ1v) is 5.41. The fourth-order valence-electron chi connectivity index (χ4n) is 1.87. The van der Waals surface area contributed by atoms with Gasteiger partial charge in [0.25, 0.3) is 0 Å². The van der Waals surface area contributed by atoms with Gasteiger partial charge in [-0.25, -0.2) is 0 Å². The van der Waals surface area contributed by atoms with Crippen molar-refractivity contribution in [2.24, 2.45) is 0 Å². The van der Waals surface area contributed by atoms with Crippen molar-refractivity contribution in [3.05, 3.63) is 29.8 Å². The summed E-state index contributed by atoms with van der Waals surface area (Å²) >= 11 is 0. The van der Waals surface area contributed by atoms with Crippen molar-refractivity contribution in [1.29, 1.82) is 0 Å². The molecule has 2 rings (SSSR count). The number of para-hydroxylation sites is 1. The fraction of sp³-hybridized carbons (Fsp3) is 0.333. The van der Waals surface area contributed by atoms with Gasteiger partial charge >= 0.3 is 11.8 Å². The zero-order valence-corrected chi connectivity index (χ0v) is 9.59. The van der Waals surface area contributed by atoms with E-state index in [-0.39, 0.29) is 6.61 Å². The fourth-order valence-corrected chi connectivity index (χ4v) is 1.87. The van der Waals surface area contributed by atoms with Gasteiger partial charge in [-0.15, -0.1) is 0 Å². The summed E-state index contributed by atoms with van der Waals surface area (Å²) in [5.74, 6) is -1.05. The van der Waals surface area contributed by atoms with Crippen LogP contribution in [0.1, 0.15) is 5.56 Å². The molecule has 17 heavy (non-hydrogen) atoms. The number of rotatable bonds is 2. The molecule has 1 aromatic carbocycles. The van der Waals surface area contributed by atoms with E-state index in [1.54, 1.807) is 31.3 Å². The highest BCUT2D eigenvalue weighted by Gasteiger charge is 2.31. The van der Waals surface area contributed by atoms with Gasteiger partial charge < -0.3 is 14.9 Å². The van der Waals surface area contributed by atoms with Gasteiger partial charge in [-0.2, -0.15) is 0 Å². The Morgan fingerprint density at radius 2 is 1.88 bits per heavy atom. The predicted octanol–water partition coefficient (Wildman–Crippen LogP) is -0.0161. The van der Waals surface area contributed by atoms with Gasteiger partial charge in [-0.3, -0.25) is 9.59 Å². The molecule has 90 valence electrons. The topological polar surface area (TPSA) is 60.9 Å². The first-order valence-electron chi connectivity index (χ1n) is 5.41. The van der Waals surface area contributed by atoms with Crippen LogP contribution < -0.4 is 4.90 Å². The second-order valence-electron chi connectivity index (χ2n) is 3.97. The van der Waals surface area contributed by atoms with Crippen LogP contribution in [0.25, 0.3) is 0 Å². The van der Waals surface area contributed by atoms with Crippen LogP contribution in [0.4, 0.5) is 5.69 Å². The van der Waals surface area contributed by atoms with E-state index in [1.807, 2.05) is 0 Å². The minimum absolute atomic E-state index is 0.149. The Bertz CT molecular complexity index is 459. The van der Waals surface area contributed by atoms with E-state index in [4.69, 9.17) is 0 Å². The van der Waals surface area contributed by atoms with Crippen molar-refractivity contribution in [3.8, 4) is 0 Å². The quantitative estimate of drug-likeness (QED) is 0.732. The minimum atomic E-state index is -0.542. The number of hydrogen-bond donors (Lipinski definition) is 1. The summed E-state index contributed by atoms with van der Waals surface area (Å²) in [5, 5.41) is 9.22. The lowest BCUT2D eigenvalue weighted by atomic mass is 10.1. The van der Waals surface area contributed by atoms with Crippen molar-refractivity contribution in [1.82, 2.24) is 4.90 Å². The zero-order valence-electron chi connectivity index (χ0n) is 9.59. The molecule has 0 aromatic heterocycles. The summed E-state index contributed by atoms with van der Waals surface area (Å²) < 4.78 is 0. The number of anilines is 1. The number of nitrogens with zero attached hydrogens (tertiary/aromatic N) is 2. The molecule has 5 nitrogen and oxygen atoms in total. The number of hydrogen-bond acceptors (Lipinski definition) is 3. The summed E-state index contributed by atoms with van der Waals surface area (Å²) in [6.45, 7) is 0.812. The average molecular weight is 234 g/mol. The SMILES string of the molecule is CN1CCN(c2ccccc2CO)C(=O)C1=O. The molecule has 1 saturated heterocycles. The minimum Gasteiger partial charge on any atom is -0.392 e. The molecular formula is C12H14N2O3. The smallest absolute Gasteiger partial charge is 0.316 e. The van der Waals surface area contributed by atoms with E-state index < -0.39 is 11.8 Å². The van der Waals surface area contributed by atoms with Crippen molar-refractivity contribution < 1.29 is 14.7 Å². The van der Waals surface area contributed by atoms with E-state index in [0.29, 0.717) is 24.3 Å². The second-order valence-corrected chi connectivity index (χ2v) is 3.97. The Kier molecular flexibility index (Phi) is 3.10. The average Bonchev–Trinajstić information content (AvgIpc) is 2.36. The second kappa shape index (κ2) is 4.55. The van der Waals surface area contributed by atoms with Crippen LogP contribution in [-0.2, 0) is 16.2 Å². The van der Waals surface area contributed by atoms with Gasteiger partial charge in [-0.05, 0) is 6.07 Å². The zero-order chi connectivity index (χ0) is 12.4. The van der Waals surface area contributed by atoms with Crippen molar-refractivity contribution in [3.63, 3.8) is 0 Å². The maximum absolute atomic E-state index is 11.9. The number of likely N-dealkylation sites (N-methyl/N-ethyl adjacent to an activating group) is 1. The lowest BCUT2D eigenvalue weighted by molar-refractivity contribution is -0.145. The van der Waals surface area contributed by atoms with Gasteiger partial charge in [0.15, 0.2) is 0 Å². The molecule has 1 aromatic rings. The maximum atomic E-state index is 11.9. The van der Waals surface area contributed by atoms with Crippen LogP contribution in [0, 0.1) is 0 Å². The molecule has 1 fully saturated rings. The van der Waals surface area contributed by atoms with Gasteiger partial charge in [0.1, 0.15) is 0 Å². The van der Waals surface area contributed by atoms with Crippen LogP contribution in [0.2, 0.25) is 0 Å². The van der Waals surface area contributed by atoms with Crippen LogP contribution >= 0.6 is 0 Å². The standard InChI is InChI=1S/C12H14N2O3/c1-13-6-7-14(12(17)11(13)16)10-5-3-2-4-9(10)8-15/h2-5,15H,6-8H2,1H3. The van der Waals surface area contributed by atoms with Crippen molar-refractivity contribution in [2.75, 3.05) is 25.0 Å². The Labute approximate surface area is 99.3 Å². The highest BCUT2D eigenvalue weighted by Crippen LogP contribution is 2.22. The third-order valence-corrected chi connectivity index (χ3v) is 2.89. The first kappa shape index (κ1) is 11.6. The molecule has 1 aliphatic heterocycles. The molecular weight excluding hydrogens is 220 g/mol. The maximum Gasteiger partial charge on any atom is 0.316 e. The van der Waals surface area contributed by atoms with Crippen LogP contribution in [0.5, 0.6) is 0 Å². The molecule has 0 unspecified atom stereocenters. The molecule has 0 aliphatic carbocycles. The number of aliphatic hydroxyl groups excluding tert-OH is 1. The van der Waals surface area contributed by atoms with Gasteiger partial charge in [0.2, 0.25) is 0 Å². The molecule has 0 atom stereocenters. The van der Waals surface area contributed by atoms with E-state index in [9.17, 15) is 14.7 Å². The summed E-state index contributed by atoms with van der Waals surface area (Å²) in [5.41, 5.74) is 1.26. The Hall–Kier alpha value is -1.88. The molecule has 2 amide bonds. The Balaban J connectivity index is 2.34. The van der Waals surface area contributed by atoms with Gasteiger partial charge in [-0.1, -0.05) is 18.2 Å². The molecule has 5 heteroatoms. The van der Waals surface area contributed by atoms with E-state index in [2.05, 4.69) is 0 Å². The van der Waals surface area contributed by atoms with E-state index >= 15 is 0 Å². The van der Waals surface area contributed by atoms with Gasteiger partial charge in [0.05, 0.1) is 6.61 Å². The molecule has 0 bridgehead atoms. The van der Waals surface area contributed by atoms with E-state index in [0.717, 1.165) is 0 Å². The third kappa shape index (κ3) is 2.01. The third-order valence-electron chi connectivity index (χ3n) is 2.89. The largest absolute Gasteiger partial charge is 0.392 e. The number of piperazine rings is 1. The van der Waals surface area contributed by atoms with Crippen molar-refractivity contribution >= 4 is 17.5 Å². The molecule has 1 N–H and O–H groups in total. The number of carbonyl (C=O) groups is 2. The van der Waals surface area contributed by atoms with E-state index in [1.165, 1.54) is 9.80 Å². The summed E-state index contributed by atoms with van der Waals surface area (Å²) in [6, 6.07) is 7.05. The summed E-state index contributed by atoms with van der Waals surface area (Å²) in [7, 11) is 1.61. The van der Waals surface area contributed by atoms with Crippen LogP contribution in [0.3, 0.4) is 0 Å². The molecule has 0 radical (unpaired) electrons. The molecule has 1 aliphatic rings. The van der Waals surface area contributed by atoms with Crippen LogP contribution in [-0.4, -0.2) is 42.0 Å². The number of carbonyl (C=O) groups excluding carboxylic acids is 2. The molecule has 1 heterocycles. The first-order chi connectivity index (χ1) is 8.15. The monoisotopic (exact) mass is 234 g/mol. The predicted molar refractivity (Wildman–Crippen MR) is 62.4 cm³/mol. The normalized spacial score (nSPS) is 16.6. The Morgan fingerprint density at radius 3 is 2.59 bits per heavy atom. The molecule has 0 spiro atoms. The number of amides is 2. The highest BCUT2D eigenvalue weighted by molar-refractivity contribution is 6.41. The van der Waals surface area contributed by atoms with Gasteiger partial charge in [0, 0.05) is 31.4 Å². The summed E-state index contributed by atoms with van der Waals surface area (Å²) in [4.78, 5) is 26.3. The Morgan fingerprint density at radius 1 is 1.18 bits per heavy atom.